The lowest BCUT2D eigenvalue weighted by Gasteiger charge is -2.28. The van der Waals surface area contributed by atoms with E-state index in [-0.39, 0.29) is 6.04 Å². The molecule has 2 aromatic carbocycles. The summed E-state index contributed by atoms with van der Waals surface area (Å²) in [5.41, 5.74) is 7.19. The van der Waals surface area contributed by atoms with Gasteiger partial charge in [-0.15, -0.1) is 10.2 Å². The van der Waals surface area contributed by atoms with Crippen molar-refractivity contribution in [1.29, 1.82) is 0 Å². The van der Waals surface area contributed by atoms with Crippen LogP contribution in [0.15, 0.2) is 54.0 Å². The molecule has 3 nitrogen and oxygen atoms in total. The third-order valence-corrected chi connectivity index (χ3v) is 4.36. The molecular formula is C16H13N3S. The molecule has 0 bridgehead atoms. The van der Waals surface area contributed by atoms with E-state index in [1.807, 2.05) is 0 Å². The van der Waals surface area contributed by atoms with Crippen molar-refractivity contribution in [3.8, 4) is 0 Å². The van der Waals surface area contributed by atoms with Crippen molar-refractivity contribution >= 4 is 16.5 Å². The van der Waals surface area contributed by atoms with Gasteiger partial charge in [0.05, 0.1) is 6.04 Å². The molecule has 0 spiro atoms. The predicted molar refractivity (Wildman–Crippen MR) is 81.1 cm³/mol. The van der Waals surface area contributed by atoms with E-state index in [0.29, 0.717) is 0 Å². The lowest BCUT2D eigenvalue weighted by Crippen LogP contribution is -2.20. The van der Waals surface area contributed by atoms with E-state index in [0.717, 1.165) is 11.6 Å². The van der Waals surface area contributed by atoms with Gasteiger partial charge in [0.25, 0.3) is 0 Å². The zero-order valence-corrected chi connectivity index (χ0v) is 11.6. The molecule has 0 amide bonds. The third kappa shape index (κ3) is 1.89. The summed E-state index contributed by atoms with van der Waals surface area (Å²) in [6, 6.07) is 17.4. The number of hydrogen-bond donors (Lipinski definition) is 1. The molecule has 0 unspecified atom stereocenters. The van der Waals surface area contributed by atoms with Crippen LogP contribution in [0.5, 0.6) is 0 Å². The van der Waals surface area contributed by atoms with Crippen LogP contribution in [-0.2, 0) is 6.42 Å². The van der Waals surface area contributed by atoms with Crippen LogP contribution in [0.1, 0.15) is 28.3 Å². The summed E-state index contributed by atoms with van der Waals surface area (Å²) in [5.74, 6) is 0. The molecule has 1 aliphatic rings. The molecule has 1 aromatic heterocycles. The van der Waals surface area contributed by atoms with E-state index >= 15 is 0 Å². The van der Waals surface area contributed by atoms with Crippen molar-refractivity contribution in [3.05, 3.63) is 76.3 Å². The number of aromatic nitrogens is 2. The lowest BCUT2D eigenvalue weighted by atomic mass is 9.82. The molecule has 0 saturated carbocycles. The predicted octanol–water partition coefficient (Wildman–Crippen LogP) is 3.64. The normalized spacial score (nSPS) is 13.6. The summed E-state index contributed by atoms with van der Waals surface area (Å²) < 4.78 is 0. The Bertz CT molecular complexity index is 691. The van der Waals surface area contributed by atoms with Crippen LogP contribution >= 0.6 is 11.3 Å². The van der Waals surface area contributed by atoms with Crippen LogP contribution in [0.3, 0.4) is 0 Å². The van der Waals surface area contributed by atoms with E-state index in [1.54, 1.807) is 5.51 Å². The number of rotatable bonds is 2. The van der Waals surface area contributed by atoms with Gasteiger partial charge in [-0.3, -0.25) is 0 Å². The number of nitrogens with zero attached hydrogens (tertiary/aromatic N) is 2. The highest BCUT2D eigenvalue weighted by Crippen LogP contribution is 2.37. The molecule has 1 heterocycles. The zero-order chi connectivity index (χ0) is 13.4. The van der Waals surface area contributed by atoms with Crippen molar-refractivity contribution in [2.45, 2.75) is 12.5 Å². The van der Waals surface area contributed by atoms with E-state index < -0.39 is 0 Å². The van der Waals surface area contributed by atoms with Crippen molar-refractivity contribution < 1.29 is 0 Å². The van der Waals surface area contributed by atoms with Crippen molar-refractivity contribution in [2.75, 3.05) is 5.32 Å². The average molecular weight is 279 g/mol. The first-order valence-corrected chi connectivity index (χ1v) is 7.48. The van der Waals surface area contributed by atoms with Crippen LogP contribution in [0.25, 0.3) is 0 Å². The van der Waals surface area contributed by atoms with E-state index in [9.17, 15) is 0 Å². The third-order valence-electron chi connectivity index (χ3n) is 3.74. The first-order valence-electron chi connectivity index (χ1n) is 6.60. The van der Waals surface area contributed by atoms with Gasteiger partial charge in [-0.2, -0.15) is 0 Å². The summed E-state index contributed by atoms with van der Waals surface area (Å²) in [6.45, 7) is 0. The van der Waals surface area contributed by atoms with Gasteiger partial charge in [0, 0.05) is 0 Å². The second-order valence-electron chi connectivity index (χ2n) is 4.90. The topological polar surface area (TPSA) is 37.8 Å². The van der Waals surface area contributed by atoms with Gasteiger partial charge >= 0.3 is 0 Å². The van der Waals surface area contributed by atoms with Gasteiger partial charge in [-0.05, 0) is 28.7 Å². The summed E-state index contributed by atoms with van der Waals surface area (Å²) in [4.78, 5) is 0. The zero-order valence-electron chi connectivity index (χ0n) is 10.8. The Hall–Kier alpha value is -2.20. The Balaban J connectivity index is 1.84. The van der Waals surface area contributed by atoms with Crippen molar-refractivity contribution in [2.24, 2.45) is 0 Å². The molecule has 0 aliphatic heterocycles. The Labute approximate surface area is 121 Å². The Kier molecular flexibility index (Phi) is 2.74. The Morgan fingerprint density at radius 1 is 0.950 bits per heavy atom. The minimum Gasteiger partial charge on any atom is -0.349 e. The molecule has 4 rings (SSSR count). The summed E-state index contributed by atoms with van der Waals surface area (Å²) in [5, 5.41) is 12.4. The van der Waals surface area contributed by atoms with Crippen LogP contribution < -0.4 is 5.32 Å². The van der Waals surface area contributed by atoms with Gasteiger partial charge in [-0.1, -0.05) is 59.9 Å². The van der Waals surface area contributed by atoms with Gasteiger partial charge in [0.1, 0.15) is 5.51 Å². The summed E-state index contributed by atoms with van der Waals surface area (Å²) >= 11 is 1.53. The standard InChI is InChI=1S/C16H13N3S/c1-3-7-13-11(5-1)9-12-6-2-4-8-14(12)15(13)18-16-19-17-10-20-16/h1-8,10,15H,9H2,(H,18,19). The second-order valence-corrected chi connectivity index (χ2v) is 5.73. The molecule has 20 heavy (non-hydrogen) atoms. The maximum absolute atomic E-state index is 4.11. The summed E-state index contributed by atoms with van der Waals surface area (Å²) in [6.07, 6.45) is 1.00. The molecule has 0 saturated heterocycles. The van der Waals surface area contributed by atoms with Gasteiger partial charge in [0.2, 0.25) is 5.13 Å². The molecule has 1 N–H and O–H groups in total. The van der Waals surface area contributed by atoms with Crippen LogP contribution in [0, 0.1) is 0 Å². The highest BCUT2D eigenvalue weighted by atomic mass is 32.1. The van der Waals surface area contributed by atoms with E-state index in [1.165, 1.54) is 33.6 Å². The monoisotopic (exact) mass is 279 g/mol. The minimum absolute atomic E-state index is 0.157. The fraction of sp³-hybridized carbons (Fsp3) is 0.125. The number of benzene rings is 2. The summed E-state index contributed by atoms with van der Waals surface area (Å²) in [7, 11) is 0. The second kappa shape index (κ2) is 4.72. The number of fused-ring (bicyclic) bond motifs is 2. The molecular weight excluding hydrogens is 266 g/mol. The van der Waals surface area contributed by atoms with Crippen LogP contribution in [0.4, 0.5) is 5.13 Å². The number of anilines is 1. The molecule has 1 aliphatic carbocycles. The fourth-order valence-corrected chi connectivity index (χ4v) is 3.32. The molecule has 0 fully saturated rings. The lowest BCUT2D eigenvalue weighted by molar-refractivity contribution is 0.852. The minimum atomic E-state index is 0.157. The van der Waals surface area contributed by atoms with Gasteiger partial charge < -0.3 is 5.32 Å². The largest absolute Gasteiger partial charge is 0.349 e. The van der Waals surface area contributed by atoms with Gasteiger partial charge in [-0.25, -0.2) is 0 Å². The van der Waals surface area contributed by atoms with Crippen LogP contribution in [0.2, 0.25) is 0 Å². The van der Waals surface area contributed by atoms with Crippen LogP contribution in [-0.4, -0.2) is 10.2 Å². The Morgan fingerprint density at radius 3 is 2.20 bits per heavy atom. The van der Waals surface area contributed by atoms with Crippen molar-refractivity contribution in [1.82, 2.24) is 10.2 Å². The number of hydrogen-bond acceptors (Lipinski definition) is 4. The maximum atomic E-state index is 4.11. The first-order chi connectivity index (χ1) is 9.92. The van der Waals surface area contributed by atoms with Gasteiger partial charge in [0.15, 0.2) is 0 Å². The SMILES string of the molecule is c1ccc2c(c1)Cc1ccccc1C2Nc1nncs1. The number of nitrogens with one attached hydrogen (secondary N) is 1. The molecule has 3 aromatic rings. The maximum Gasteiger partial charge on any atom is 0.206 e. The smallest absolute Gasteiger partial charge is 0.206 e. The molecule has 0 radical (unpaired) electrons. The fourth-order valence-electron chi connectivity index (χ4n) is 2.84. The van der Waals surface area contributed by atoms with Crippen molar-refractivity contribution in [3.63, 3.8) is 0 Å². The molecule has 0 atom stereocenters. The van der Waals surface area contributed by atoms with E-state index in [4.69, 9.17) is 0 Å². The quantitative estimate of drug-likeness (QED) is 0.778. The highest BCUT2D eigenvalue weighted by molar-refractivity contribution is 7.13. The van der Waals surface area contributed by atoms with E-state index in [2.05, 4.69) is 64.0 Å². The first kappa shape index (κ1) is 11.6. The Morgan fingerprint density at radius 2 is 1.60 bits per heavy atom. The average Bonchev–Trinajstić information content (AvgIpc) is 3.00. The highest BCUT2D eigenvalue weighted by Gasteiger charge is 2.25. The molecule has 4 heteroatoms. The molecule has 98 valence electrons.